The Labute approximate surface area is 118 Å². The highest BCUT2D eigenvalue weighted by molar-refractivity contribution is 5.66. The van der Waals surface area contributed by atoms with Crippen molar-refractivity contribution in [1.82, 2.24) is 0 Å². The molecular weight excluding hydrogens is 252 g/mol. The van der Waals surface area contributed by atoms with E-state index in [1.165, 1.54) is 0 Å². The summed E-state index contributed by atoms with van der Waals surface area (Å²) >= 11 is 0. The second-order valence-electron chi connectivity index (χ2n) is 5.25. The first kappa shape index (κ1) is 12.7. The molecule has 3 rings (SSSR count). The Morgan fingerprint density at radius 1 is 0.700 bits per heavy atom. The third-order valence-corrected chi connectivity index (χ3v) is 4.13. The van der Waals surface area contributed by atoms with Gasteiger partial charge in [0.05, 0.1) is 0 Å². The number of cyclic esters (lactones) is 2. The fourth-order valence-electron chi connectivity index (χ4n) is 2.73. The van der Waals surface area contributed by atoms with Crippen molar-refractivity contribution < 1.29 is 14.3 Å². The third kappa shape index (κ3) is 1.70. The van der Waals surface area contributed by atoms with E-state index in [0.717, 1.165) is 11.1 Å². The van der Waals surface area contributed by atoms with Crippen LogP contribution in [-0.2, 0) is 20.7 Å². The summed E-state index contributed by atoms with van der Waals surface area (Å²) in [7, 11) is 0. The zero-order chi connectivity index (χ0) is 14.2. The van der Waals surface area contributed by atoms with Crippen LogP contribution in [0.3, 0.4) is 0 Å². The molecule has 1 aliphatic heterocycles. The van der Waals surface area contributed by atoms with Crippen molar-refractivity contribution in [2.45, 2.75) is 25.0 Å². The van der Waals surface area contributed by atoms with E-state index in [1.807, 2.05) is 74.5 Å². The molecule has 0 aliphatic carbocycles. The zero-order valence-electron chi connectivity index (χ0n) is 11.5. The highest BCUT2D eigenvalue weighted by Crippen LogP contribution is 2.50. The summed E-state index contributed by atoms with van der Waals surface area (Å²) in [5, 5.41) is 0. The molecule has 0 radical (unpaired) electrons. The van der Waals surface area contributed by atoms with E-state index < -0.39 is 17.4 Å². The molecule has 3 heteroatoms. The molecule has 0 unspecified atom stereocenters. The van der Waals surface area contributed by atoms with E-state index >= 15 is 0 Å². The maximum Gasteiger partial charge on any atom is 0.510 e. The van der Waals surface area contributed by atoms with Crippen molar-refractivity contribution in [2.75, 3.05) is 0 Å². The van der Waals surface area contributed by atoms with E-state index in [-0.39, 0.29) is 0 Å². The van der Waals surface area contributed by atoms with Gasteiger partial charge < -0.3 is 9.47 Å². The molecule has 0 N–H and O–H groups in total. The summed E-state index contributed by atoms with van der Waals surface area (Å²) in [4.78, 5) is 11.8. The van der Waals surface area contributed by atoms with Crippen molar-refractivity contribution in [3.05, 3.63) is 71.8 Å². The average Bonchev–Trinajstić information content (AvgIpc) is 2.72. The molecule has 102 valence electrons. The fraction of sp³-hybridized carbons (Fsp3) is 0.235. The second-order valence-corrected chi connectivity index (χ2v) is 5.25. The Bertz CT molecular complexity index is 568. The highest BCUT2D eigenvalue weighted by Gasteiger charge is 2.59. The van der Waals surface area contributed by atoms with Gasteiger partial charge in [0.1, 0.15) is 0 Å². The van der Waals surface area contributed by atoms with Crippen LogP contribution in [0.4, 0.5) is 4.79 Å². The molecule has 0 spiro atoms. The van der Waals surface area contributed by atoms with Gasteiger partial charge in [-0.25, -0.2) is 4.79 Å². The molecule has 2 aromatic rings. The molecule has 1 fully saturated rings. The SMILES string of the molecule is C[C@@]1(c2ccccc2)OC(=O)O[C@]1(C)c1ccccc1. The average molecular weight is 268 g/mol. The van der Waals surface area contributed by atoms with Crippen molar-refractivity contribution in [3.8, 4) is 0 Å². The Kier molecular flexibility index (Phi) is 2.78. The summed E-state index contributed by atoms with van der Waals surface area (Å²) in [6, 6.07) is 19.4. The van der Waals surface area contributed by atoms with Crippen molar-refractivity contribution >= 4 is 6.16 Å². The number of benzene rings is 2. The predicted molar refractivity (Wildman–Crippen MR) is 75.2 cm³/mol. The molecule has 1 aliphatic rings. The summed E-state index contributed by atoms with van der Waals surface area (Å²) in [5.74, 6) is 0. The van der Waals surface area contributed by atoms with Gasteiger partial charge in [0, 0.05) is 0 Å². The first-order chi connectivity index (χ1) is 9.56. The van der Waals surface area contributed by atoms with Gasteiger partial charge in [0.15, 0.2) is 11.2 Å². The molecule has 0 amide bonds. The summed E-state index contributed by atoms with van der Waals surface area (Å²) in [5.41, 5.74) is 0.119. The van der Waals surface area contributed by atoms with Crippen molar-refractivity contribution in [3.63, 3.8) is 0 Å². The lowest BCUT2D eigenvalue weighted by molar-refractivity contribution is -0.0320. The monoisotopic (exact) mass is 268 g/mol. The molecule has 2 aromatic carbocycles. The van der Waals surface area contributed by atoms with Crippen molar-refractivity contribution in [2.24, 2.45) is 0 Å². The topological polar surface area (TPSA) is 35.5 Å². The molecule has 0 saturated carbocycles. The molecule has 1 heterocycles. The normalized spacial score (nSPS) is 28.8. The molecular formula is C17H16O3. The molecule has 1 saturated heterocycles. The second kappa shape index (κ2) is 4.37. The van der Waals surface area contributed by atoms with Gasteiger partial charge in [-0.2, -0.15) is 0 Å². The number of hydrogen-bond acceptors (Lipinski definition) is 3. The van der Waals surface area contributed by atoms with Crippen molar-refractivity contribution in [1.29, 1.82) is 0 Å². The minimum Gasteiger partial charge on any atom is -0.418 e. The van der Waals surface area contributed by atoms with Crippen LogP contribution in [0.2, 0.25) is 0 Å². The lowest BCUT2D eigenvalue weighted by atomic mass is 9.76. The first-order valence-corrected chi connectivity index (χ1v) is 6.59. The minimum atomic E-state index is -0.854. The van der Waals surface area contributed by atoms with Gasteiger partial charge in [-0.1, -0.05) is 60.7 Å². The standard InChI is InChI=1S/C17H16O3/c1-16(13-9-5-3-6-10-13)17(2,20-15(18)19-16)14-11-7-4-8-12-14/h3-12H,1-2H3/t16-,17+. The summed E-state index contributed by atoms with van der Waals surface area (Å²) < 4.78 is 11.1. The minimum absolute atomic E-state index is 0.636. The Morgan fingerprint density at radius 2 is 1.05 bits per heavy atom. The lowest BCUT2D eigenvalue weighted by Gasteiger charge is -2.36. The number of hydrogen-bond donors (Lipinski definition) is 0. The number of rotatable bonds is 2. The van der Waals surface area contributed by atoms with Gasteiger partial charge in [0.2, 0.25) is 0 Å². The number of carbonyl (C=O) groups excluding carboxylic acids is 1. The lowest BCUT2D eigenvalue weighted by Crippen LogP contribution is -2.42. The van der Waals surface area contributed by atoms with Crippen LogP contribution in [-0.4, -0.2) is 6.16 Å². The van der Waals surface area contributed by atoms with Crippen LogP contribution in [0.1, 0.15) is 25.0 Å². The third-order valence-electron chi connectivity index (χ3n) is 4.13. The van der Waals surface area contributed by atoms with E-state index in [9.17, 15) is 4.79 Å². The summed E-state index contributed by atoms with van der Waals surface area (Å²) in [6.07, 6.45) is -0.636. The fourth-order valence-corrected chi connectivity index (χ4v) is 2.73. The van der Waals surface area contributed by atoms with Crippen LogP contribution in [0.25, 0.3) is 0 Å². The van der Waals surface area contributed by atoms with E-state index in [0.29, 0.717) is 0 Å². The Morgan fingerprint density at radius 3 is 1.40 bits per heavy atom. The maximum atomic E-state index is 11.8. The van der Waals surface area contributed by atoms with Gasteiger partial charge in [-0.15, -0.1) is 0 Å². The highest BCUT2D eigenvalue weighted by atomic mass is 16.8. The number of carbonyl (C=O) groups is 1. The van der Waals surface area contributed by atoms with Gasteiger partial charge in [-0.05, 0) is 25.0 Å². The van der Waals surface area contributed by atoms with Crippen LogP contribution < -0.4 is 0 Å². The Hall–Kier alpha value is -2.29. The van der Waals surface area contributed by atoms with Crippen LogP contribution in [0, 0.1) is 0 Å². The van der Waals surface area contributed by atoms with Crippen LogP contribution in [0.15, 0.2) is 60.7 Å². The van der Waals surface area contributed by atoms with Gasteiger partial charge >= 0.3 is 6.16 Å². The number of ether oxygens (including phenoxy) is 2. The van der Waals surface area contributed by atoms with Crippen LogP contribution >= 0.6 is 0 Å². The molecule has 3 nitrogen and oxygen atoms in total. The van der Waals surface area contributed by atoms with Gasteiger partial charge in [0.25, 0.3) is 0 Å². The smallest absolute Gasteiger partial charge is 0.418 e. The quantitative estimate of drug-likeness (QED) is 0.773. The zero-order valence-corrected chi connectivity index (χ0v) is 11.5. The maximum absolute atomic E-state index is 11.8. The molecule has 0 aromatic heterocycles. The predicted octanol–water partition coefficient (Wildman–Crippen LogP) is 3.98. The van der Waals surface area contributed by atoms with E-state index in [4.69, 9.17) is 9.47 Å². The Balaban J connectivity index is 2.16. The van der Waals surface area contributed by atoms with Crippen LogP contribution in [0.5, 0.6) is 0 Å². The van der Waals surface area contributed by atoms with Gasteiger partial charge in [-0.3, -0.25) is 0 Å². The first-order valence-electron chi connectivity index (χ1n) is 6.59. The molecule has 20 heavy (non-hydrogen) atoms. The molecule has 2 atom stereocenters. The molecule has 0 bridgehead atoms. The largest absolute Gasteiger partial charge is 0.510 e. The van der Waals surface area contributed by atoms with E-state index in [1.54, 1.807) is 0 Å². The summed E-state index contributed by atoms with van der Waals surface area (Å²) in [6.45, 7) is 3.78. The van der Waals surface area contributed by atoms with E-state index in [2.05, 4.69) is 0 Å².